The quantitative estimate of drug-likeness (QED) is 0.746. The molecule has 0 radical (unpaired) electrons. The van der Waals surface area contributed by atoms with Crippen molar-refractivity contribution in [2.24, 2.45) is 0 Å². The molecule has 2 aromatic heterocycles. The van der Waals surface area contributed by atoms with Gasteiger partial charge in [-0.25, -0.2) is 4.98 Å². The van der Waals surface area contributed by atoms with Gasteiger partial charge in [-0.05, 0) is 6.92 Å². The van der Waals surface area contributed by atoms with Crippen LogP contribution in [0.15, 0.2) is 4.52 Å². The van der Waals surface area contributed by atoms with Gasteiger partial charge in [0.15, 0.2) is 5.15 Å². The van der Waals surface area contributed by atoms with Gasteiger partial charge in [-0.2, -0.15) is 4.98 Å². The molecule has 0 saturated heterocycles. The number of carbonyl (C=O) groups is 1. The largest absolute Gasteiger partial charge is 0.351 e. The van der Waals surface area contributed by atoms with Crippen molar-refractivity contribution >= 4 is 34.6 Å². The van der Waals surface area contributed by atoms with E-state index in [1.807, 2.05) is 0 Å². The highest BCUT2D eigenvalue weighted by Crippen LogP contribution is 2.23. The third kappa shape index (κ3) is 1.75. The molecule has 2 heterocycles. The fourth-order valence-corrected chi connectivity index (χ4v) is 1.32. The Kier molecular flexibility index (Phi) is 2.28. The van der Waals surface area contributed by atoms with Crippen LogP contribution in [0.1, 0.15) is 12.6 Å². The van der Waals surface area contributed by atoms with Gasteiger partial charge in [-0.1, -0.05) is 16.8 Å². The first-order chi connectivity index (χ1) is 7.08. The summed E-state index contributed by atoms with van der Waals surface area (Å²) in [7, 11) is 0. The van der Waals surface area contributed by atoms with Crippen LogP contribution < -0.4 is 5.32 Å². The number of anilines is 1. The Morgan fingerprint density at radius 2 is 2.20 bits per heavy atom. The Morgan fingerprint density at radius 3 is 2.87 bits per heavy atom. The molecule has 78 valence electrons. The fraction of sp³-hybridized carbons (Fsp3) is 0.250. The Hall–Kier alpha value is -1.69. The predicted molar refractivity (Wildman–Crippen MR) is 53.6 cm³/mol. The molecule has 0 aliphatic rings. The van der Waals surface area contributed by atoms with Crippen LogP contribution in [0, 0.1) is 6.92 Å². The third-order valence-electron chi connectivity index (χ3n) is 1.73. The van der Waals surface area contributed by atoms with Gasteiger partial charge in [0.2, 0.25) is 17.4 Å². The van der Waals surface area contributed by atoms with Gasteiger partial charge < -0.3 is 4.52 Å². The van der Waals surface area contributed by atoms with Crippen LogP contribution >= 0.6 is 11.6 Å². The third-order valence-corrected chi connectivity index (χ3v) is 1.98. The second-order valence-electron chi connectivity index (χ2n) is 2.96. The summed E-state index contributed by atoms with van der Waals surface area (Å²) in [5.74, 6) is -0.120. The highest BCUT2D eigenvalue weighted by atomic mass is 35.5. The minimum Gasteiger partial charge on any atom is -0.351 e. The van der Waals surface area contributed by atoms with Crippen LogP contribution in [0.5, 0.6) is 0 Å². The van der Waals surface area contributed by atoms with Crippen LogP contribution in [0.4, 0.5) is 5.95 Å². The van der Waals surface area contributed by atoms with E-state index in [0.717, 1.165) is 0 Å². The highest BCUT2D eigenvalue weighted by molar-refractivity contribution is 6.33. The summed E-state index contributed by atoms with van der Waals surface area (Å²) >= 11 is 5.82. The van der Waals surface area contributed by atoms with Crippen LogP contribution in [0.2, 0.25) is 5.15 Å². The number of amides is 1. The normalized spacial score (nSPS) is 10.6. The summed E-state index contributed by atoms with van der Waals surface area (Å²) in [6.45, 7) is 3.09. The first-order valence-corrected chi connectivity index (χ1v) is 4.53. The average molecular weight is 227 g/mol. The number of rotatable bonds is 1. The van der Waals surface area contributed by atoms with Gasteiger partial charge in [0, 0.05) is 6.92 Å². The zero-order valence-electron chi connectivity index (χ0n) is 8.04. The summed E-state index contributed by atoms with van der Waals surface area (Å²) in [6.07, 6.45) is 0. The van der Waals surface area contributed by atoms with E-state index in [1.54, 1.807) is 6.92 Å². The van der Waals surface area contributed by atoms with Crippen LogP contribution in [0.25, 0.3) is 11.1 Å². The molecule has 0 bridgehead atoms. The van der Waals surface area contributed by atoms with Crippen LogP contribution in [-0.2, 0) is 4.79 Å². The zero-order chi connectivity index (χ0) is 11.0. The molecular formula is C8H7ClN4O2. The molecule has 0 atom stereocenters. The van der Waals surface area contributed by atoms with E-state index in [9.17, 15) is 4.79 Å². The number of hydrogen-bond acceptors (Lipinski definition) is 5. The van der Waals surface area contributed by atoms with E-state index in [-0.39, 0.29) is 17.0 Å². The van der Waals surface area contributed by atoms with Gasteiger partial charge in [0.05, 0.1) is 0 Å². The van der Waals surface area contributed by atoms with E-state index in [0.29, 0.717) is 16.8 Å². The van der Waals surface area contributed by atoms with Crippen molar-refractivity contribution in [1.82, 2.24) is 15.1 Å². The minimum atomic E-state index is -0.264. The summed E-state index contributed by atoms with van der Waals surface area (Å²) in [6, 6.07) is 0. The van der Waals surface area contributed by atoms with Crippen molar-refractivity contribution in [3.05, 3.63) is 10.8 Å². The summed E-state index contributed by atoms with van der Waals surface area (Å²) in [5.41, 5.74) is 1.42. The maximum atomic E-state index is 10.8. The Morgan fingerprint density at radius 1 is 1.47 bits per heavy atom. The number of hydrogen-bond donors (Lipinski definition) is 1. The number of halogens is 1. The van der Waals surface area contributed by atoms with E-state index in [1.165, 1.54) is 6.92 Å². The van der Waals surface area contributed by atoms with Crippen molar-refractivity contribution in [1.29, 1.82) is 0 Å². The predicted octanol–water partition coefficient (Wildman–Crippen LogP) is 1.54. The first-order valence-electron chi connectivity index (χ1n) is 4.15. The lowest BCUT2D eigenvalue weighted by Gasteiger charge is -1.99. The number of aromatic nitrogens is 3. The van der Waals surface area contributed by atoms with Crippen molar-refractivity contribution in [2.45, 2.75) is 13.8 Å². The Labute approximate surface area is 89.6 Å². The maximum absolute atomic E-state index is 10.8. The highest BCUT2D eigenvalue weighted by Gasteiger charge is 2.13. The van der Waals surface area contributed by atoms with Crippen molar-refractivity contribution in [3.8, 4) is 0 Å². The number of carbonyl (C=O) groups excluding carboxylic acids is 1. The molecule has 7 heteroatoms. The molecule has 2 rings (SSSR count). The number of fused-ring (bicyclic) bond motifs is 1. The molecule has 0 spiro atoms. The van der Waals surface area contributed by atoms with Crippen LogP contribution in [0.3, 0.4) is 0 Å². The monoisotopic (exact) mass is 226 g/mol. The van der Waals surface area contributed by atoms with Crippen molar-refractivity contribution in [2.75, 3.05) is 5.32 Å². The SMILES string of the molecule is CC(=O)Nc1nc(Cl)c2onc(C)c2n1. The molecule has 0 fully saturated rings. The fourth-order valence-electron chi connectivity index (χ4n) is 1.12. The average Bonchev–Trinajstić information content (AvgIpc) is 2.47. The molecule has 0 aliphatic carbocycles. The molecule has 1 N–H and O–H groups in total. The Bertz CT molecular complexity index is 537. The van der Waals surface area contributed by atoms with E-state index in [2.05, 4.69) is 20.4 Å². The molecule has 6 nitrogen and oxygen atoms in total. The maximum Gasteiger partial charge on any atom is 0.231 e. The molecule has 0 aliphatic heterocycles. The number of aryl methyl sites for hydroxylation is 1. The second kappa shape index (κ2) is 3.47. The smallest absolute Gasteiger partial charge is 0.231 e. The lowest BCUT2D eigenvalue weighted by Crippen LogP contribution is -2.09. The molecule has 0 aromatic carbocycles. The first kappa shape index (κ1) is 9.85. The topological polar surface area (TPSA) is 80.9 Å². The molecule has 2 aromatic rings. The van der Waals surface area contributed by atoms with Crippen molar-refractivity contribution < 1.29 is 9.32 Å². The summed E-state index contributed by atoms with van der Waals surface area (Å²) < 4.78 is 4.92. The van der Waals surface area contributed by atoms with Crippen LogP contribution in [-0.4, -0.2) is 21.0 Å². The van der Waals surface area contributed by atoms with E-state index in [4.69, 9.17) is 16.1 Å². The summed E-state index contributed by atoms with van der Waals surface area (Å²) in [4.78, 5) is 18.7. The molecule has 0 saturated carbocycles. The van der Waals surface area contributed by atoms with E-state index < -0.39 is 0 Å². The minimum absolute atomic E-state index is 0.129. The number of nitrogens with zero attached hydrogens (tertiary/aromatic N) is 3. The molecule has 0 unspecified atom stereocenters. The van der Waals surface area contributed by atoms with Crippen molar-refractivity contribution in [3.63, 3.8) is 0 Å². The van der Waals surface area contributed by atoms with Gasteiger partial charge in [0.25, 0.3) is 0 Å². The molecular weight excluding hydrogens is 220 g/mol. The van der Waals surface area contributed by atoms with Gasteiger partial charge in [0.1, 0.15) is 11.2 Å². The standard InChI is InChI=1S/C8H7ClN4O2/c1-3-5-6(15-13-3)7(9)12-8(11-5)10-4(2)14/h1-2H3,(H,10,11,12,14). The number of nitrogens with one attached hydrogen (secondary N) is 1. The van der Waals surface area contributed by atoms with Gasteiger partial charge >= 0.3 is 0 Å². The lowest BCUT2D eigenvalue weighted by molar-refractivity contribution is -0.114. The lowest BCUT2D eigenvalue weighted by atomic mass is 10.4. The van der Waals surface area contributed by atoms with E-state index >= 15 is 0 Å². The zero-order valence-corrected chi connectivity index (χ0v) is 8.79. The Balaban J connectivity index is 2.59. The van der Waals surface area contributed by atoms with Gasteiger partial charge in [-0.15, -0.1) is 0 Å². The molecule has 15 heavy (non-hydrogen) atoms. The second-order valence-corrected chi connectivity index (χ2v) is 3.32. The van der Waals surface area contributed by atoms with Gasteiger partial charge in [-0.3, -0.25) is 10.1 Å². The summed E-state index contributed by atoms with van der Waals surface area (Å²) in [5, 5.41) is 6.27. The molecule has 1 amide bonds.